The summed E-state index contributed by atoms with van der Waals surface area (Å²) >= 11 is 5.98. The van der Waals surface area contributed by atoms with Gasteiger partial charge < -0.3 is 15.5 Å². The molecule has 4 nitrogen and oxygen atoms in total. The number of hydrogen-bond donors (Lipinski definition) is 3. The van der Waals surface area contributed by atoms with Gasteiger partial charge in [-0.15, -0.1) is 0 Å². The molecule has 3 N–H and O–H groups in total. The van der Waals surface area contributed by atoms with E-state index in [9.17, 15) is 15.0 Å². The predicted octanol–water partition coefficient (Wildman–Crippen LogP) is 3.31. The Morgan fingerprint density at radius 3 is 2.53 bits per heavy atom. The average molecular weight is 278 g/mol. The molecule has 5 heteroatoms. The summed E-state index contributed by atoms with van der Waals surface area (Å²) in [6.07, 6.45) is 0. The number of carbonyl (C=O) groups is 1. The van der Waals surface area contributed by atoms with Crippen molar-refractivity contribution in [3.63, 3.8) is 0 Å². The molecule has 0 atom stereocenters. The van der Waals surface area contributed by atoms with Crippen LogP contribution in [0.2, 0.25) is 5.02 Å². The monoisotopic (exact) mass is 277 g/mol. The number of phenols is 2. The number of rotatable bonds is 2. The zero-order valence-corrected chi connectivity index (χ0v) is 10.9. The second kappa shape index (κ2) is 5.20. The molecular formula is C14H12ClNO3. The Balaban J connectivity index is 2.25. The first-order valence-corrected chi connectivity index (χ1v) is 5.94. The van der Waals surface area contributed by atoms with Crippen molar-refractivity contribution in [3.8, 4) is 11.5 Å². The minimum atomic E-state index is -0.414. The van der Waals surface area contributed by atoms with Crippen molar-refractivity contribution in [1.29, 1.82) is 0 Å². The largest absolute Gasteiger partial charge is 0.504 e. The summed E-state index contributed by atoms with van der Waals surface area (Å²) in [5.74, 6) is -1.03. The van der Waals surface area contributed by atoms with Crippen LogP contribution in [0.1, 0.15) is 15.9 Å². The molecule has 2 aromatic carbocycles. The van der Waals surface area contributed by atoms with E-state index in [2.05, 4.69) is 5.32 Å². The van der Waals surface area contributed by atoms with Crippen LogP contribution in [0.15, 0.2) is 36.4 Å². The third kappa shape index (κ3) is 2.98. The first-order valence-electron chi connectivity index (χ1n) is 5.57. The van der Waals surface area contributed by atoms with Gasteiger partial charge in [-0.1, -0.05) is 17.7 Å². The van der Waals surface area contributed by atoms with E-state index in [4.69, 9.17) is 11.6 Å². The molecule has 2 aromatic rings. The molecule has 19 heavy (non-hydrogen) atoms. The fourth-order valence-corrected chi connectivity index (χ4v) is 1.76. The lowest BCUT2D eigenvalue weighted by Gasteiger charge is -2.08. The van der Waals surface area contributed by atoms with Crippen LogP contribution in [-0.4, -0.2) is 16.1 Å². The highest BCUT2D eigenvalue weighted by atomic mass is 35.5. The third-order valence-corrected chi connectivity index (χ3v) is 2.94. The number of benzene rings is 2. The summed E-state index contributed by atoms with van der Waals surface area (Å²) in [6, 6.07) is 9.14. The lowest BCUT2D eigenvalue weighted by atomic mass is 10.1. The fourth-order valence-electron chi connectivity index (χ4n) is 1.59. The molecule has 0 saturated heterocycles. The van der Waals surface area contributed by atoms with E-state index in [1.54, 1.807) is 12.1 Å². The van der Waals surface area contributed by atoms with Crippen LogP contribution in [0.5, 0.6) is 11.5 Å². The van der Waals surface area contributed by atoms with E-state index in [1.165, 1.54) is 18.2 Å². The molecule has 0 aliphatic carbocycles. The molecule has 1 amide bonds. The van der Waals surface area contributed by atoms with Gasteiger partial charge in [-0.05, 0) is 42.8 Å². The van der Waals surface area contributed by atoms with Crippen molar-refractivity contribution in [1.82, 2.24) is 0 Å². The van der Waals surface area contributed by atoms with Gasteiger partial charge in [0.25, 0.3) is 5.91 Å². The van der Waals surface area contributed by atoms with Gasteiger partial charge in [-0.2, -0.15) is 0 Å². The van der Waals surface area contributed by atoms with Crippen LogP contribution in [0.4, 0.5) is 5.69 Å². The van der Waals surface area contributed by atoms with Crippen molar-refractivity contribution in [2.24, 2.45) is 0 Å². The Hall–Kier alpha value is -2.20. The third-order valence-electron chi connectivity index (χ3n) is 2.61. The Labute approximate surface area is 115 Å². The fraction of sp³-hybridized carbons (Fsp3) is 0.0714. The van der Waals surface area contributed by atoms with E-state index >= 15 is 0 Å². The molecule has 0 unspecified atom stereocenters. The maximum absolute atomic E-state index is 12.0. The second-order valence-electron chi connectivity index (χ2n) is 4.14. The van der Waals surface area contributed by atoms with E-state index in [0.29, 0.717) is 10.7 Å². The molecule has 0 aliphatic rings. The molecule has 2 rings (SSSR count). The molecule has 0 aromatic heterocycles. The quantitative estimate of drug-likeness (QED) is 0.738. The maximum atomic E-state index is 12.0. The highest BCUT2D eigenvalue weighted by Gasteiger charge is 2.10. The predicted molar refractivity (Wildman–Crippen MR) is 73.9 cm³/mol. The van der Waals surface area contributed by atoms with Gasteiger partial charge in [0.15, 0.2) is 11.5 Å². The molecule has 0 radical (unpaired) electrons. The number of halogens is 1. The van der Waals surface area contributed by atoms with Gasteiger partial charge in [0.2, 0.25) is 0 Å². The summed E-state index contributed by atoms with van der Waals surface area (Å²) in [5, 5.41) is 21.6. The molecule has 0 heterocycles. The van der Waals surface area contributed by atoms with Crippen molar-refractivity contribution in [2.75, 3.05) is 5.32 Å². The lowest BCUT2D eigenvalue weighted by Crippen LogP contribution is -2.12. The SMILES string of the molecule is Cc1ccc(Cl)c(NC(=O)c2ccc(O)c(O)c2)c1. The average Bonchev–Trinajstić information content (AvgIpc) is 2.37. The summed E-state index contributed by atoms with van der Waals surface area (Å²) in [5.41, 5.74) is 1.69. The van der Waals surface area contributed by atoms with Gasteiger partial charge >= 0.3 is 0 Å². The smallest absolute Gasteiger partial charge is 0.255 e. The number of hydrogen-bond acceptors (Lipinski definition) is 3. The van der Waals surface area contributed by atoms with E-state index in [0.717, 1.165) is 5.56 Å². The van der Waals surface area contributed by atoms with Crippen LogP contribution in [0.3, 0.4) is 0 Å². The number of amides is 1. The Kier molecular flexibility index (Phi) is 3.62. The number of anilines is 1. The molecule has 0 bridgehead atoms. The summed E-state index contributed by atoms with van der Waals surface area (Å²) in [4.78, 5) is 12.0. The molecule has 0 fully saturated rings. The standard InChI is InChI=1S/C14H12ClNO3/c1-8-2-4-10(15)11(6-8)16-14(19)9-3-5-12(17)13(18)7-9/h2-7,17-18H,1H3,(H,16,19). The van der Waals surface area contributed by atoms with Crippen LogP contribution in [0, 0.1) is 6.92 Å². The van der Waals surface area contributed by atoms with Crippen molar-refractivity contribution < 1.29 is 15.0 Å². The zero-order valence-electron chi connectivity index (χ0n) is 10.1. The molecular weight excluding hydrogens is 266 g/mol. The van der Waals surface area contributed by atoms with Crippen molar-refractivity contribution >= 4 is 23.2 Å². The first-order chi connectivity index (χ1) is 8.97. The van der Waals surface area contributed by atoms with Gasteiger partial charge in [-0.3, -0.25) is 4.79 Å². The molecule has 0 aliphatic heterocycles. The molecule has 0 saturated carbocycles. The molecule has 0 spiro atoms. The van der Waals surface area contributed by atoms with Crippen LogP contribution < -0.4 is 5.32 Å². The van der Waals surface area contributed by atoms with Gasteiger partial charge in [0.1, 0.15) is 0 Å². The van der Waals surface area contributed by atoms with Crippen LogP contribution in [-0.2, 0) is 0 Å². The number of phenolic OH excluding ortho intramolecular Hbond substituents is 2. The Bertz CT molecular complexity index is 641. The Morgan fingerprint density at radius 1 is 1.11 bits per heavy atom. The van der Waals surface area contributed by atoms with E-state index < -0.39 is 5.91 Å². The van der Waals surface area contributed by atoms with E-state index in [-0.39, 0.29) is 17.1 Å². The topological polar surface area (TPSA) is 69.6 Å². The minimum Gasteiger partial charge on any atom is -0.504 e. The normalized spacial score (nSPS) is 10.2. The molecule has 98 valence electrons. The summed E-state index contributed by atoms with van der Waals surface area (Å²) in [7, 11) is 0. The Morgan fingerprint density at radius 2 is 1.84 bits per heavy atom. The summed E-state index contributed by atoms with van der Waals surface area (Å²) < 4.78 is 0. The number of aromatic hydroxyl groups is 2. The number of nitrogens with one attached hydrogen (secondary N) is 1. The van der Waals surface area contributed by atoms with Crippen molar-refractivity contribution in [3.05, 3.63) is 52.5 Å². The van der Waals surface area contributed by atoms with Gasteiger partial charge in [0, 0.05) is 5.56 Å². The lowest BCUT2D eigenvalue weighted by molar-refractivity contribution is 0.102. The number of aryl methyl sites for hydroxylation is 1. The van der Waals surface area contributed by atoms with Crippen LogP contribution >= 0.6 is 11.6 Å². The number of carbonyl (C=O) groups excluding carboxylic acids is 1. The minimum absolute atomic E-state index is 0.230. The van der Waals surface area contributed by atoms with Gasteiger partial charge in [-0.25, -0.2) is 0 Å². The first kappa shape index (κ1) is 13.2. The maximum Gasteiger partial charge on any atom is 0.255 e. The van der Waals surface area contributed by atoms with Crippen molar-refractivity contribution in [2.45, 2.75) is 6.92 Å². The highest BCUT2D eigenvalue weighted by Crippen LogP contribution is 2.27. The highest BCUT2D eigenvalue weighted by molar-refractivity contribution is 6.34. The zero-order chi connectivity index (χ0) is 14.0. The summed E-state index contributed by atoms with van der Waals surface area (Å²) in [6.45, 7) is 1.89. The van der Waals surface area contributed by atoms with Gasteiger partial charge in [0.05, 0.1) is 10.7 Å². The second-order valence-corrected chi connectivity index (χ2v) is 4.55. The van der Waals surface area contributed by atoms with Crippen LogP contribution in [0.25, 0.3) is 0 Å². The van der Waals surface area contributed by atoms with E-state index in [1.807, 2.05) is 13.0 Å².